The second-order valence-corrected chi connectivity index (χ2v) is 6.29. The number of aryl methyl sites for hydroxylation is 1. The molecule has 1 aromatic heterocycles. The standard InChI is InChI=1S/C14H13Cl2NO2S/c1-7-6-20-14(12(7)16)13(17)8-4-10-11(5-9(8)15)19-3-2-18-10/h4-6,13H,2-3,17H2,1H3. The maximum absolute atomic E-state index is 6.31. The van der Waals surface area contributed by atoms with Crippen LogP contribution in [0.3, 0.4) is 0 Å². The Labute approximate surface area is 131 Å². The highest BCUT2D eigenvalue weighted by Gasteiger charge is 2.22. The summed E-state index contributed by atoms with van der Waals surface area (Å²) in [6, 6.07) is 3.22. The van der Waals surface area contributed by atoms with Crippen molar-refractivity contribution in [1.82, 2.24) is 0 Å². The number of halogens is 2. The van der Waals surface area contributed by atoms with Crippen molar-refractivity contribution in [2.24, 2.45) is 5.73 Å². The van der Waals surface area contributed by atoms with Crippen molar-refractivity contribution in [3.63, 3.8) is 0 Å². The average molecular weight is 330 g/mol. The van der Waals surface area contributed by atoms with Gasteiger partial charge in [-0.3, -0.25) is 0 Å². The van der Waals surface area contributed by atoms with Crippen LogP contribution in [0.5, 0.6) is 11.5 Å². The van der Waals surface area contributed by atoms with E-state index in [-0.39, 0.29) is 6.04 Å². The van der Waals surface area contributed by atoms with Gasteiger partial charge in [-0.25, -0.2) is 0 Å². The summed E-state index contributed by atoms with van der Waals surface area (Å²) in [4.78, 5) is 0.905. The van der Waals surface area contributed by atoms with Crippen molar-refractivity contribution in [3.8, 4) is 11.5 Å². The number of benzene rings is 1. The van der Waals surface area contributed by atoms with Gasteiger partial charge in [0.2, 0.25) is 0 Å². The Morgan fingerprint density at radius 2 is 1.85 bits per heavy atom. The van der Waals surface area contributed by atoms with Crippen LogP contribution in [0.15, 0.2) is 17.5 Å². The second kappa shape index (κ2) is 5.45. The Morgan fingerprint density at radius 3 is 2.45 bits per heavy atom. The highest BCUT2D eigenvalue weighted by molar-refractivity contribution is 7.10. The number of fused-ring (bicyclic) bond motifs is 1. The van der Waals surface area contributed by atoms with Crippen LogP contribution < -0.4 is 15.2 Å². The summed E-state index contributed by atoms with van der Waals surface area (Å²) in [5.74, 6) is 1.33. The summed E-state index contributed by atoms with van der Waals surface area (Å²) in [5.41, 5.74) is 8.12. The molecule has 0 saturated carbocycles. The molecule has 1 atom stereocenters. The minimum absolute atomic E-state index is 0.371. The van der Waals surface area contributed by atoms with Crippen LogP contribution in [-0.2, 0) is 0 Å². The molecule has 106 valence electrons. The number of hydrogen-bond donors (Lipinski definition) is 1. The molecule has 0 spiro atoms. The Morgan fingerprint density at radius 1 is 1.20 bits per heavy atom. The number of thiophene rings is 1. The van der Waals surface area contributed by atoms with Gasteiger partial charge in [0, 0.05) is 16.0 Å². The third kappa shape index (κ3) is 2.37. The van der Waals surface area contributed by atoms with Crippen LogP contribution in [0.1, 0.15) is 22.0 Å². The first kappa shape index (κ1) is 14.0. The first-order chi connectivity index (χ1) is 9.58. The van der Waals surface area contributed by atoms with Crippen LogP contribution in [0.4, 0.5) is 0 Å². The van der Waals surface area contributed by atoms with E-state index in [1.807, 2.05) is 18.4 Å². The molecule has 0 radical (unpaired) electrons. The van der Waals surface area contributed by atoms with E-state index in [4.69, 9.17) is 38.4 Å². The Kier molecular flexibility index (Phi) is 3.82. The molecule has 0 bridgehead atoms. The lowest BCUT2D eigenvalue weighted by Crippen LogP contribution is -2.17. The first-order valence-electron chi connectivity index (χ1n) is 6.16. The summed E-state index contributed by atoms with van der Waals surface area (Å²) in [7, 11) is 0. The van der Waals surface area contributed by atoms with Gasteiger partial charge in [0.1, 0.15) is 13.2 Å². The third-order valence-electron chi connectivity index (χ3n) is 3.20. The Bertz CT molecular complexity index is 657. The van der Waals surface area contributed by atoms with Crippen molar-refractivity contribution in [2.75, 3.05) is 13.2 Å². The van der Waals surface area contributed by atoms with E-state index >= 15 is 0 Å². The zero-order valence-corrected chi connectivity index (χ0v) is 13.1. The van der Waals surface area contributed by atoms with E-state index in [9.17, 15) is 0 Å². The molecule has 1 aliphatic rings. The van der Waals surface area contributed by atoms with Crippen molar-refractivity contribution in [3.05, 3.63) is 43.6 Å². The normalized spacial score (nSPS) is 15.2. The molecular weight excluding hydrogens is 317 g/mol. The number of hydrogen-bond acceptors (Lipinski definition) is 4. The number of ether oxygens (including phenoxy) is 2. The van der Waals surface area contributed by atoms with Gasteiger partial charge in [-0.05, 0) is 29.5 Å². The van der Waals surface area contributed by atoms with Crippen LogP contribution in [-0.4, -0.2) is 13.2 Å². The van der Waals surface area contributed by atoms with Crippen molar-refractivity contribution >= 4 is 34.5 Å². The lowest BCUT2D eigenvalue weighted by Gasteiger charge is -2.21. The van der Waals surface area contributed by atoms with Gasteiger partial charge in [0.05, 0.1) is 11.1 Å². The fraction of sp³-hybridized carbons (Fsp3) is 0.286. The van der Waals surface area contributed by atoms with Crippen molar-refractivity contribution < 1.29 is 9.47 Å². The second-order valence-electron chi connectivity index (χ2n) is 4.59. The molecule has 0 aliphatic carbocycles. The fourth-order valence-corrected chi connectivity index (χ4v) is 3.72. The van der Waals surface area contributed by atoms with E-state index in [1.165, 1.54) is 11.3 Å². The van der Waals surface area contributed by atoms with Crippen LogP contribution >= 0.6 is 34.5 Å². The van der Waals surface area contributed by atoms with Gasteiger partial charge in [-0.2, -0.15) is 0 Å². The van der Waals surface area contributed by atoms with E-state index in [0.717, 1.165) is 16.0 Å². The zero-order valence-electron chi connectivity index (χ0n) is 10.8. The molecule has 0 fully saturated rings. The maximum atomic E-state index is 6.31. The molecule has 2 aromatic rings. The third-order valence-corrected chi connectivity index (χ3v) is 5.33. The number of rotatable bonds is 2. The SMILES string of the molecule is Cc1csc(C(N)c2cc3c(cc2Cl)OCCO3)c1Cl. The lowest BCUT2D eigenvalue weighted by atomic mass is 10.0. The molecular formula is C14H13Cl2NO2S. The monoisotopic (exact) mass is 329 g/mol. The van der Waals surface area contributed by atoms with Crippen LogP contribution in [0.25, 0.3) is 0 Å². The Balaban J connectivity index is 2.03. The predicted octanol–water partition coefficient (Wildman–Crippen LogP) is 4.18. The molecule has 2 N–H and O–H groups in total. The molecule has 20 heavy (non-hydrogen) atoms. The van der Waals surface area contributed by atoms with E-state index in [0.29, 0.717) is 34.8 Å². The summed E-state index contributed by atoms with van der Waals surface area (Å²) in [6.45, 7) is 3.02. The topological polar surface area (TPSA) is 44.5 Å². The molecule has 2 heterocycles. The minimum atomic E-state index is -0.371. The Hall–Kier alpha value is -0.940. The molecule has 0 saturated heterocycles. The van der Waals surface area contributed by atoms with E-state index < -0.39 is 0 Å². The quantitative estimate of drug-likeness (QED) is 0.898. The van der Waals surface area contributed by atoms with Gasteiger partial charge in [-0.15, -0.1) is 11.3 Å². The molecule has 1 aromatic carbocycles. The van der Waals surface area contributed by atoms with E-state index in [2.05, 4.69) is 0 Å². The first-order valence-corrected chi connectivity index (χ1v) is 7.79. The molecule has 6 heteroatoms. The minimum Gasteiger partial charge on any atom is -0.486 e. The molecule has 1 aliphatic heterocycles. The predicted molar refractivity (Wildman–Crippen MR) is 82.5 cm³/mol. The smallest absolute Gasteiger partial charge is 0.162 e. The van der Waals surface area contributed by atoms with Crippen LogP contribution in [0.2, 0.25) is 10.0 Å². The van der Waals surface area contributed by atoms with Gasteiger partial charge in [0.25, 0.3) is 0 Å². The zero-order chi connectivity index (χ0) is 14.3. The molecule has 1 unspecified atom stereocenters. The van der Waals surface area contributed by atoms with Gasteiger partial charge >= 0.3 is 0 Å². The highest BCUT2D eigenvalue weighted by atomic mass is 35.5. The van der Waals surface area contributed by atoms with Crippen LogP contribution in [0, 0.1) is 6.92 Å². The average Bonchev–Trinajstić information content (AvgIpc) is 2.77. The largest absolute Gasteiger partial charge is 0.486 e. The van der Waals surface area contributed by atoms with E-state index in [1.54, 1.807) is 6.07 Å². The van der Waals surface area contributed by atoms with Gasteiger partial charge in [0.15, 0.2) is 11.5 Å². The van der Waals surface area contributed by atoms with Gasteiger partial charge < -0.3 is 15.2 Å². The summed E-state index contributed by atoms with van der Waals surface area (Å²) < 4.78 is 11.1. The molecule has 3 rings (SSSR count). The fourth-order valence-electron chi connectivity index (χ4n) is 2.12. The highest BCUT2D eigenvalue weighted by Crippen LogP contribution is 2.41. The molecule has 3 nitrogen and oxygen atoms in total. The lowest BCUT2D eigenvalue weighted by molar-refractivity contribution is 0.171. The van der Waals surface area contributed by atoms with Gasteiger partial charge in [-0.1, -0.05) is 23.2 Å². The summed E-state index contributed by atoms with van der Waals surface area (Å²) in [6.07, 6.45) is 0. The number of nitrogens with two attached hydrogens (primary N) is 1. The molecule has 0 amide bonds. The summed E-state index contributed by atoms with van der Waals surface area (Å²) in [5, 5.41) is 3.25. The maximum Gasteiger partial charge on any atom is 0.162 e. The van der Waals surface area contributed by atoms with Crippen molar-refractivity contribution in [1.29, 1.82) is 0 Å². The van der Waals surface area contributed by atoms with Crippen molar-refractivity contribution in [2.45, 2.75) is 13.0 Å². The summed E-state index contributed by atoms with van der Waals surface area (Å²) >= 11 is 14.1.